The highest BCUT2D eigenvalue weighted by atomic mass is 19.3. The fourth-order valence-electron chi connectivity index (χ4n) is 6.66. The quantitative estimate of drug-likeness (QED) is 0.0947. The summed E-state index contributed by atoms with van der Waals surface area (Å²) in [6.45, 7) is 1.57. The molecule has 0 heterocycles. The molecule has 0 saturated heterocycles. The van der Waals surface area contributed by atoms with Crippen LogP contribution in [-0.2, 0) is 22.4 Å². The lowest BCUT2D eigenvalue weighted by molar-refractivity contribution is -0.142. The van der Waals surface area contributed by atoms with Crippen LogP contribution in [0.2, 0.25) is 0 Å². The summed E-state index contributed by atoms with van der Waals surface area (Å²) in [6, 6.07) is 16.7. The van der Waals surface area contributed by atoms with Crippen molar-refractivity contribution in [2.24, 2.45) is 0 Å². The van der Waals surface area contributed by atoms with Gasteiger partial charge in [0.2, 0.25) is 5.92 Å². The molecule has 0 spiro atoms. The molecule has 0 unspecified atom stereocenters. The summed E-state index contributed by atoms with van der Waals surface area (Å²) in [5, 5.41) is 4.32. The van der Waals surface area contributed by atoms with Crippen molar-refractivity contribution in [3.8, 4) is 22.6 Å². The second-order valence-corrected chi connectivity index (χ2v) is 12.4. The van der Waals surface area contributed by atoms with E-state index in [9.17, 15) is 22.8 Å². The van der Waals surface area contributed by atoms with E-state index in [2.05, 4.69) is 5.32 Å². The number of nitrogen functional groups attached to an aromatic ring is 1. The number of methoxy groups -OCH3 is 3. The molecule has 10 heteroatoms. The average Bonchev–Trinajstić information content (AvgIpc) is 3.25. The molecule has 0 bridgehead atoms. The summed E-state index contributed by atoms with van der Waals surface area (Å²) in [7, 11) is 4.41. The molecule has 49 heavy (non-hydrogen) atoms. The molecule has 1 aliphatic carbocycles. The Kier molecular flexibility index (Phi) is 10.9. The number of rotatable bonds is 11. The third-order valence-electron chi connectivity index (χ3n) is 9.13. The highest BCUT2D eigenvalue weighted by Gasteiger charge is 2.30. The first kappa shape index (κ1) is 35.3. The van der Waals surface area contributed by atoms with Gasteiger partial charge in [-0.1, -0.05) is 54.1 Å². The molecule has 0 aliphatic heterocycles. The van der Waals surface area contributed by atoms with E-state index in [1.54, 1.807) is 21.1 Å². The molecular weight excluding hydrogens is 633 g/mol. The number of esters is 1. The largest absolute Gasteiger partial charge is 0.496 e. The van der Waals surface area contributed by atoms with E-state index >= 15 is 0 Å². The van der Waals surface area contributed by atoms with Gasteiger partial charge in [0, 0.05) is 24.9 Å². The van der Waals surface area contributed by atoms with Crippen LogP contribution in [0.5, 0.6) is 11.5 Å². The highest BCUT2D eigenvalue weighted by molar-refractivity contribution is 6.02. The number of fused-ring (bicyclic) bond motifs is 1. The Morgan fingerprint density at radius 3 is 2.41 bits per heavy atom. The number of alkyl halides is 2. The zero-order valence-electron chi connectivity index (χ0n) is 28.1. The number of anilines is 1. The zero-order chi connectivity index (χ0) is 35.3. The lowest BCUT2D eigenvalue weighted by atomic mass is 9.90. The van der Waals surface area contributed by atoms with Crippen LogP contribution in [0, 0.1) is 12.7 Å². The fourth-order valence-corrected chi connectivity index (χ4v) is 6.66. The van der Waals surface area contributed by atoms with Gasteiger partial charge in [0.15, 0.2) is 0 Å². The number of ether oxygens (including phenoxy) is 3. The number of halogens is 3. The van der Waals surface area contributed by atoms with Gasteiger partial charge in [-0.3, -0.25) is 4.79 Å². The van der Waals surface area contributed by atoms with Crippen LogP contribution in [-0.4, -0.2) is 45.2 Å². The number of aryl methyl sites for hydroxylation is 2. The first-order valence-corrected chi connectivity index (χ1v) is 16.2. The Bertz CT molecular complexity index is 1880. The SMILES string of the molecule is COC(=O)[C@H](Cc1cccc2c(-c3c(OC)ccc(CCC4=CCCC(F)(F)CC4)c3OC)cccc12)NC(=O)c1c(C)cc(N)cc1F. The molecular formula is C39H41F3N2O5. The average molecular weight is 675 g/mol. The minimum atomic E-state index is -2.63. The first-order chi connectivity index (χ1) is 23.5. The van der Waals surface area contributed by atoms with Crippen molar-refractivity contribution < 1.29 is 37.0 Å². The van der Waals surface area contributed by atoms with Crippen molar-refractivity contribution in [2.75, 3.05) is 27.1 Å². The normalized spacial score (nSPS) is 14.8. The van der Waals surface area contributed by atoms with E-state index in [1.165, 1.54) is 13.2 Å². The van der Waals surface area contributed by atoms with Gasteiger partial charge >= 0.3 is 5.97 Å². The molecule has 258 valence electrons. The van der Waals surface area contributed by atoms with Crippen molar-refractivity contribution in [1.29, 1.82) is 0 Å². The molecule has 7 nitrogen and oxygen atoms in total. The van der Waals surface area contributed by atoms with Gasteiger partial charge in [-0.05, 0) is 83.8 Å². The van der Waals surface area contributed by atoms with Crippen molar-refractivity contribution >= 4 is 28.3 Å². The van der Waals surface area contributed by atoms with Crippen molar-refractivity contribution in [1.82, 2.24) is 5.32 Å². The summed E-state index contributed by atoms with van der Waals surface area (Å²) >= 11 is 0. The Balaban J connectivity index is 1.50. The Morgan fingerprint density at radius 2 is 1.69 bits per heavy atom. The predicted molar refractivity (Wildman–Crippen MR) is 185 cm³/mol. The third-order valence-corrected chi connectivity index (χ3v) is 9.13. The van der Waals surface area contributed by atoms with Crippen LogP contribution in [0.1, 0.15) is 59.2 Å². The van der Waals surface area contributed by atoms with E-state index in [4.69, 9.17) is 19.9 Å². The number of carbonyl (C=O) groups is 2. The van der Waals surface area contributed by atoms with Crippen LogP contribution in [0.15, 0.2) is 72.3 Å². The molecule has 4 aromatic rings. The van der Waals surface area contributed by atoms with Gasteiger partial charge in [0.25, 0.3) is 5.91 Å². The summed E-state index contributed by atoms with van der Waals surface area (Å²) in [6.07, 6.45) is 3.72. The number of nitrogens with one attached hydrogen (secondary N) is 1. The minimum absolute atomic E-state index is 0.0668. The number of benzene rings is 4. The predicted octanol–water partition coefficient (Wildman–Crippen LogP) is 8.14. The van der Waals surface area contributed by atoms with Crippen molar-refractivity contribution in [3.05, 3.63) is 100 Å². The number of carbonyl (C=O) groups excluding carboxylic acids is 2. The number of amides is 1. The lowest BCUT2D eigenvalue weighted by Crippen LogP contribution is -2.43. The molecule has 3 N–H and O–H groups in total. The standard InChI is InChI=1S/C39H41F3N2O5/c1-23-20-27(43)22-31(40)34(23)37(45)44-32(38(46)49-4)21-26-9-5-11-29-28(26)10-6-12-30(29)35-33(47-2)16-15-25(36(35)48-3)14-13-24-8-7-18-39(41,42)19-17-24/h5-6,8-12,15-16,20,22,32H,7,13-14,17-19,21,43H2,1-4H3,(H,44,45)/t32-/m0/s1. The summed E-state index contributed by atoms with van der Waals surface area (Å²) in [4.78, 5) is 26.2. The molecule has 0 fully saturated rings. The molecule has 5 rings (SSSR count). The van der Waals surface area contributed by atoms with Crippen molar-refractivity contribution in [3.63, 3.8) is 0 Å². The zero-order valence-corrected chi connectivity index (χ0v) is 28.1. The number of hydrogen-bond donors (Lipinski definition) is 2. The smallest absolute Gasteiger partial charge is 0.328 e. The molecule has 0 saturated carbocycles. The molecule has 4 aromatic carbocycles. The maximum atomic E-state index is 14.8. The van der Waals surface area contributed by atoms with Crippen LogP contribution in [0.3, 0.4) is 0 Å². The molecule has 0 radical (unpaired) electrons. The highest BCUT2D eigenvalue weighted by Crippen LogP contribution is 2.45. The molecule has 0 aromatic heterocycles. The van der Waals surface area contributed by atoms with Crippen LogP contribution < -0.4 is 20.5 Å². The maximum absolute atomic E-state index is 14.8. The van der Waals surface area contributed by atoms with Gasteiger partial charge in [-0.2, -0.15) is 0 Å². The van der Waals surface area contributed by atoms with E-state index in [-0.39, 0.29) is 30.5 Å². The van der Waals surface area contributed by atoms with E-state index < -0.39 is 29.7 Å². The number of hydrogen-bond acceptors (Lipinski definition) is 6. The second kappa shape index (κ2) is 15.1. The summed E-state index contributed by atoms with van der Waals surface area (Å²) < 4.78 is 59.5. The fraction of sp³-hybridized carbons (Fsp3) is 0.333. The maximum Gasteiger partial charge on any atom is 0.328 e. The summed E-state index contributed by atoms with van der Waals surface area (Å²) in [5.41, 5.74) is 10.3. The van der Waals surface area contributed by atoms with E-state index in [0.717, 1.165) is 44.7 Å². The third kappa shape index (κ3) is 7.85. The van der Waals surface area contributed by atoms with Crippen LogP contribution in [0.25, 0.3) is 21.9 Å². The van der Waals surface area contributed by atoms with Crippen LogP contribution in [0.4, 0.5) is 18.9 Å². The number of allylic oxidation sites excluding steroid dienone is 2. The van der Waals surface area contributed by atoms with E-state index in [1.807, 2.05) is 54.6 Å². The molecule has 1 amide bonds. The molecule has 1 atom stereocenters. The Labute approximate surface area is 284 Å². The van der Waals surface area contributed by atoms with Crippen LogP contribution >= 0.6 is 0 Å². The second-order valence-electron chi connectivity index (χ2n) is 12.4. The lowest BCUT2D eigenvalue weighted by Gasteiger charge is -2.21. The van der Waals surface area contributed by atoms with Gasteiger partial charge in [0.05, 0.1) is 32.5 Å². The van der Waals surface area contributed by atoms with Crippen molar-refractivity contribution in [2.45, 2.75) is 63.8 Å². The monoisotopic (exact) mass is 674 g/mol. The first-order valence-electron chi connectivity index (χ1n) is 16.2. The summed E-state index contributed by atoms with van der Waals surface area (Å²) in [5.74, 6) is -3.65. The van der Waals surface area contributed by atoms with Gasteiger partial charge < -0.3 is 25.3 Å². The molecule has 1 aliphatic rings. The van der Waals surface area contributed by atoms with Gasteiger partial charge in [-0.15, -0.1) is 0 Å². The minimum Gasteiger partial charge on any atom is -0.496 e. The van der Waals surface area contributed by atoms with Gasteiger partial charge in [-0.25, -0.2) is 18.0 Å². The number of nitrogens with two attached hydrogens (primary N) is 1. The van der Waals surface area contributed by atoms with E-state index in [0.29, 0.717) is 42.7 Å². The Morgan fingerprint density at radius 1 is 0.939 bits per heavy atom. The topological polar surface area (TPSA) is 99.9 Å². The van der Waals surface area contributed by atoms with Gasteiger partial charge in [0.1, 0.15) is 23.4 Å². The Hall–Kier alpha value is -4.99.